The fraction of sp³-hybridized carbons (Fsp3) is 0.381. The second-order valence-electron chi connectivity index (χ2n) is 6.86. The molecule has 0 spiro atoms. The summed E-state index contributed by atoms with van der Waals surface area (Å²) in [5.41, 5.74) is 6.23. The van der Waals surface area contributed by atoms with Crippen LogP contribution in [-0.4, -0.2) is 55.0 Å². The fourth-order valence-electron chi connectivity index (χ4n) is 3.22. The Balaban J connectivity index is 1.46. The van der Waals surface area contributed by atoms with Crippen molar-refractivity contribution >= 4 is 5.91 Å². The minimum Gasteiger partial charge on any atom is -0.492 e. The highest BCUT2D eigenvalue weighted by Crippen LogP contribution is 2.21. The van der Waals surface area contributed by atoms with E-state index < -0.39 is 5.54 Å². The highest BCUT2D eigenvalue weighted by molar-refractivity contribution is 5.87. The predicted molar refractivity (Wildman–Crippen MR) is 103 cm³/mol. The summed E-state index contributed by atoms with van der Waals surface area (Å²) in [4.78, 5) is 17.1. The number of nitrogens with zero attached hydrogens (tertiary/aromatic N) is 2. The maximum absolute atomic E-state index is 12.9. The number of rotatable bonds is 6. The molecule has 138 valence electrons. The van der Waals surface area contributed by atoms with E-state index in [1.807, 2.05) is 65.6 Å². The lowest BCUT2D eigenvalue weighted by atomic mass is 9.91. The average Bonchev–Trinajstić information content (AvgIpc) is 2.69. The van der Waals surface area contributed by atoms with Crippen molar-refractivity contribution in [1.82, 2.24) is 9.80 Å². The molecule has 1 heterocycles. The van der Waals surface area contributed by atoms with Gasteiger partial charge in [-0.3, -0.25) is 9.69 Å². The summed E-state index contributed by atoms with van der Waals surface area (Å²) in [5, 5.41) is 0. The highest BCUT2D eigenvalue weighted by Gasteiger charge is 2.35. The Labute approximate surface area is 155 Å². The van der Waals surface area contributed by atoms with Crippen LogP contribution in [0.25, 0.3) is 0 Å². The molecule has 2 aromatic rings. The molecule has 0 saturated carbocycles. The summed E-state index contributed by atoms with van der Waals surface area (Å²) in [7, 11) is 0. The summed E-state index contributed by atoms with van der Waals surface area (Å²) >= 11 is 0. The van der Waals surface area contributed by atoms with Crippen LogP contribution in [0.15, 0.2) is 60.7 Å². The normalized spacial score (nSPS) is 17.5. The van der Waals surface area contributed by atoms with Crippen molar-refractivity contribution in [2.24, 2.45) is 5.73 Å². The van der Waals surface area contributed by atoms with E-state index in [4.69, 9.17) is 10.5 Å². The number of carbonyl (C=O) groups excluding carboxylic acids is 1. The monoisotopic (exact) mass is 353 g/mol. The molecule has 0 radical (unpaired) electrons. The fourth-order valence-corrected chi connectivity index (χ4v) is 3.22. The van der Waals surface area contributed by atoms with Crippen molar-refractivity contribution in [3.63, 3.8) is 0 Å². The van der Waals surface area contributed by atoms with Gasteiger partial charge in [-0.2, -0.15) is 0 Å². The molecule has 0 aliphatic carbocycles. The second kappa shape index (κ2) is 8.34. The second-order valence-corrected chi connectivity index (χ2v) is 6.86. The van der Waals surface area contributed by atoms with Crippen LogP contribution >= 0.6 is 0 Å². The van der Waals surface area contributed by atoms with Gasteiger partial charge in [0, 0.05) is 32.7 Å². The summed E-state index contributed by atoms with van der Waals surface area (Å²) < 4.78 is 5.75. The maximum Gasteiger partial charge on any atom is 0.247 e. The van der Waals surface area contributed by atoms with Gasteiger partial charge in [0.1, 0.15) is 17.9 Å². The Morgan fingerprint density at radius 2 is 1.58 bits per heavy atom. The largest absolute Gasteiger partial charge is 0.492 e. The lowest BCUT2D eigenvalue weighted by molar-refractivity contribution is -0.138. The average molecular weight is 353 g/mol. The molecule has 2 aromatic carbocycles. The molecule has 5 heteroatoms. The Kier molecular flexibility index (Phi) is 5.91. The standard InChI is InChI=1S/C21H27N3O2/c1-21(22,18-8-4-2-5-9-18)20(25)24-14-12-23(13-15-24)16-17-26-19-10-6-3-7-11-19/h2-11H,12-17,22H2,1H3. The first-order valence-electron chi connectivity index (χ1n) is 9.11. The van der Waals surface area contributed by atoms with Crippen LogP contribution in [-0.2, 0) is 10.3 Å². The third-order valence-electron chi connectivity index (χ3n) is 4.90. The first-order chi connectivity index (χ1) is 12.6. The van der Waals surface area contributed by atoms with Crippen LogP contribution in [0.5, 0.6) is 5.75 Å². The number of amides is 1. The van der Waals surface area contributed by atoms with Gasteiger partial charge in [0.05, 0.1) is 0 Å². The van der Waals surface area contributed by atoms with Gasteiger partial charge in [-0.05, 0) is 24.6 Å². The van der Waals surface area contributed by atoms with Crippen molar-refractivity contribution < 1.29 is 9.53 Å². The molecule has 1 aliphatic heterocycles. The van der Waals surface area contributed by atoms with Gasteiger partial charge in [0.15, 0.2) is 0 Å². The van der Waals surface area contributed by atoms with E-state index in [2.05, 4.69) is 4.90 Å². The molecule has 1 fully saturated rings. The van der Waals surface area contributed by atoms with E-state index in [0.29, 0.717) is 19.7 Å². The molecule has 1 amide bonds. The molecule has 3 rings (SSSR count). The van der Waals surface area contributed by atoms with Gasteiger partial charge < -0.3 is 15.4 Å². The summed E-state index contributed by atoms with van der Waals surface area (Å²) in [6, 6.07) is 19.4. The number of benzene rings is 2. The quantitative estimate of drug-likeness (QED) is 0.864. The van der Waals surface area contributed by atoms with Crippen LogP contribution in [0.4, 0.5) is 0 Å². The summed E-state index contributed by atoms with van der Waals surface area (Å²) in [6.45, 7) is 6.38. The molecule has 26 heavy (non-hydrogen) atoms. The Morgan fingerprint density at radius 3 is 2.19 bits per heavy atom. The Hall–Kier alpha value is -2.37. The number of ether oxygens (including phenoxy) is 1. The SMILES string of the molecule is CC(N)(C(=O)N1CCN(CCOc2ccccc2)CC1)c1ccccc1. The van der Waals surface area contributed by atoms with Crippen molar-refractivity contribution in [2.45, 2.75) is 12.5 Å². The first kappa shape index (κ1) is 18.4. The van der Waals surface area contributed by atoms with E-state index in [0.717, 1.165) is 30.9 Å². The van der Waals surface area contributed by atoms with Crippen molar-refractivity contribution in [2.75, 3.05) is 39.3 Å². The highest BCUT2D eigenvalue weighted by atomic mass is 16.5. The smallest absolute Gasteiger partial charge is 0.247 e. The number of piperazine rings is 1. The van der Waals surface area contributed by atoms with Gasteiger partial charge in [-0.15, -0.1) is 0 Å². The molecular weight excluding hydrogens is 326 g/mol. The van der Waals surface area contributed by atoms with Gasteiger partial charge in [0.2, 0.25) is 5.91 Å². The zero-order chi connectivity index (χ0) is 18.4. The molecule has 1 atom stereocenters. The van der Waals surface area contributed by atoms with Crippen LogP contribution in [0.1, 0.15) is 12.5 Å². The van der Waals surface area contributed by atoms with E-state index in [1.165, 1.54) is 0 Å². The van der Waals surface area contributed by atoms with Gasteiger partial charge in [-0.1, -0.05) is 48.5 Å². The van der Waals surface area contributed by atoms with Crippen LogP contribution < -0.4 is 10.5 Å². The molecular formula is C21H27N3O2. The topological polar surface area (TPSA) is 58.8 Å². The predicted octanol–water partition coefficient (Wildman–Crippen LogP) is 2.08. The zero-order valence-corrected chi connectivity index (χ0v) is 15.3. The lowest BCUT2D eigenvalue weighted by Gasteiger charge is -2.38. The van der Waals surface area contributed by atoms with Gasteiger partial charge >= 0.3 is 0 Å². The van der Waals surface area contributed by atoms with Crippen molar-refractivity contribution in [3.05, 3.63) is 66.2 Å². The van der Waals surface area contributed by atoms with Gasteiger partial charge in [0.25, 0.3) is 0 Å². The maximum atomic E-state index is 12.9. The van der Waals surface area contributed by atoms with E-state index in [9.17, 15) is 4.79 Å². The number of carbonyl (C=O) groups is 1. The van der Waals surface area contributed by atoms with Gasteiger partial charge in [-0.25, -0.2) is 0 Å². The molecule has 1 saturated heterocycles. The zero-order valence-electron chi connectivity index (χ0n) is 15.3. The third kappa shape index (κ3) is 4.42. The molecule has 5 nitrogen and oxygen atoms in total. The van der Waals surface area contributed by atoms with E-state index in [1.54, 1.807) is 6.92 Å². The Bertz CT molecular complexity index is 696. The number of para-hydroxylation sites is 1. The summed E-state index contributed by atoms with van der Waals surface area (Å²) in [6.07, 6.45) is 0. The van der Waals surface area contributed by atoms with Crippen LogP contribution in [0.2, 0.25) is 0 Å². The molecule has 2 N–H and O–H groups in total. The molecule has 1 aliphatic rings. The summed E-state index contributed by atoms with van der Waals surface area (Å²) in [5.74, 6) is 0.881. The molecule has 0 bridgehead atoms. The van der Waals surface area contributed by atoms with Crippen molar-refractivity contribution in [1.29, 1.82) is 0 Å². The Morgan fingerprint density at radius 1 is 1.00 bits per heavy atom. The number of hydrogen-bond donors (Lipinski definition) is 1. The minimum absolute atomic E-state index is 0.0103. The first-order valence-corrected chi connectivity index (χ1v) is 9.11. The number of hydrogen-bond acceptors (Lipinski definition) is 4. The minimum atomic E-state index is -0.986. The van der Waals surface area contributed by atoms with Crippen LogP contribution in [0.3, 0.4) is 0 Å². The van der Waals surface area contributed by atoms with E-state index in [-0.39, 0.29) is 5.91 Å². The number of nitrogens with two attached hydrogens (primary N) is 1. The molecule has 1 unspecified atom stereocenters. The molecule has 0 aromatic heterocycles. The third-order valence-corrected chi connectivity index (χ3v) is 4.90. The lowest BCUT2D eigenvalue weighted by Crippen LogP contribution is -2.57. The van der Waals surface area contributed by atoms with Crippen molar-refractivity contribution in [3.8, 4) is 5.75 Å². The van der Waals surface area contributed by atoms with E-state index >= 15 is 0 Å². The van der Waals surface area contributed by atoms with Crippen LogP contribution in [0, 0.1) is 0 Å².